The maximum atomic E-state index is 11.2. The van der Waals surface area contributed by atoms with E-state index in [0.717, 1.165) is 11.1 Å². The van der Waals surface area contributed by atoms with Crippen LogP contribution in [0.4, 0.5) is 11.4 Å². The van der Waals surface area contributed by atoms with Gasteiger partial charge >= 0.3 is 11.9 Å². The molecule has 0 aliphatic heterocycles. The fraction of sp³-hybridized carbons (Fsp3) is 0.0909. The van der Waals surface area contributed by atoms with E-state index in [4.69, 9.17) is 10.2 Å². The van der Waals surface area contributed by atoms with Crippen molar-refractivity contribution < 1.29 is 19.8 Å². The summed E-state index contributed by atoms with van der Waals surface area (Å²) in [6, 6.07) is 20.3. The molecular formula is C22H18N4O4. The Labute approximate surface area is 172 Å². The number of nitrogens with zero attached hydrogens (tertiary/aromatic N) is 4. The maximum absolute atomic E-state index is 11.2. The lowest BCUT2D eigenvalue weighted by Crippen LogP contribution is -1.95. The molecule has 0 saturated heterocycles. The van der Waals surface area contributed by atoms with Crippen molar-refractivity contribution in [3.05, 3.63) is 95.1 Å². The van der Waals surface area contributed by atoms with Gasteiger partial charge in [0, 0.05) is 0 Å². The van der Waals surface area contributed by atoms with Crippen molar-refractivity contribution in [3.8, 4) is 0 Å². The number of carboxylic acids is 2. The Morgan fingerprint density at radius 1 is 0.600 bits per heavy atom. The molecule has 0 radical (unpaired) electrons. The van der Waals surface area contributed by atoms with Gasteiger partial charge in [-0.05, 0) is 35.4 Å². The van der Waals surface area contributed by atoms with Gasteiger partial charge in [-0.3, -0.25) is 0 Å². The van der Waals surface area contributed by atoms with E-state index in [1.165, 1.54) is 12.1 Å². The normalized spacial score (nSPS) is 11.2. The van der Waals surface area contributed by atoms with E-state index in [1.54, 1.807) is 36.4 Å². The van der Waals surface area contributed by atoms with Crippen LogP contribution in [0.25, 0.3) is 0 Å². The van der Waals surface area contributed by atoms with Gasteiger partial charge in [0.1, 0.15) is 0 Å². The van der Waals surface area contributed by atoms with E-state index in [1.807, 2.05) is 24.3 Å². The van der Waals surface area contributed by atoms with E-state index in [-0.39, 0.29) is 11.1 Å². The lowest BCUT2D eigenvalue weighted by atomic mass is 10.1. The highest BCUT2D eigenvalue weighted by Gasteiger charge is 2.08. The van der Waals surface area contributed by atoms with Crippen molar-refractivity contribution in [1.82, 2.24) is 0 Å². The molecule has 0 heterocycles. The van der Waals surface area contributed by atoms with E-state index in [9.17, 15) is 9.59 Å². The Hall–Kier alpha value is -4.20. The molecule has 2 N–H and O–H groups in total. The maximum Gasteiger partial charge on any atom is 0.337 e. The average Bonchev–Trinajstić information content (AvgIpc) is 2.75. The highest BCUT2D eigenvalue weighted by molar-refractivity contribution is 5.93. The summed E-state index contributed by atoms with van der Waals surface area (Å²) in [6.07, 6.45) is 0. The zero-order chi connectivity index (χ0) is 21.3. The van der Waals surface area contributed by atoms with Crippen molar-refractivity contribution in [3.63, 3.8) is 0 Å². The third-order valence-corrected chi connectivity index (χ3v) is 4.16. The minimum Gasteiger partial charge on any atom is -0.478 e. The smallest absolute Gasteiger partial charge is 0.337 e. The number of hydrogen-bond acceptors (Lipinski definition) is 6. The summed E-state index contributed by atoms with van der Waals surface area (Å²) in [6.45, 7) is 0.615. The Balaban J connectivity index is 1.60. The Bertz CT molecular complexity index is 1020. The summed E-state index contributed by atoms with van der Waals surface area (Å²) in [5.74, 6) is -2.09. The molecule has 8 heteroatoms. The van der Waals surface area contributed by atoms with Gasteiger partial charge in [-0.2, -0.15) is 20.5 Å². The van der Waals surface area contributed by atoms with Crippen molar-refractivity contribution in [2.45, 2.75) is 13.1 Å². The molecule has 0 amide bonds. The Morgan fingerprint density at radius 2 is 0.967 bits per heavy atom. The molecule has 3 aromatic carbocycles. The molecule has 0 fully saturated rings. The predicted octanol–water partition coefficient (Wildman–Crippen LogP) is 5.65. The fourth-order valence-corrected chi connectivity index (χ4v) is 2.62. The number of hydrogen-bond donors (Lipinski definition) is 2. The first-order valence-electron chi connectivity index (χ1n) is 9.02. The summed E-state index contributed by atoms with van der Waals surface area (Å²) in [7, 11) is 0. The standard InChI is InChI=1S/C22H18N4O4/c27-21(28)17-5-1-3-7-19(17)25-23-13-15-9-11-16(12-10-15)14-24-26-20-8-4-2-6-18(20)22(29)30/h1-12H,13-14H2,(H,27,28)(H,29,30). The van der Waals surface area contributed by atoms with Crippen molar-refractivity contribution >= 4 is 23.3 Å². The van der Waals surface area contributed by atoms with Gasteiger partial charge in [-0.1, -0.05) is 48.5 Å². The van der Waals surface area contributed by atoms with Crippen LogP contribution in [0.1, 0.15) is 31.8 Å². The first-order valence-corrected chi connectivity index (χ1v) is 9.02. The van der Waals surface area contributed by atoms with Gasteiger partial charge in [-0.25, -0.2) is 9.59 Å². The molecule has 0 unspecified atom stereocenters. The quantitative estimate of drug-likeness (QED) is 0.472. The molecule has 3 aromatic rings. The molecule has 150 valence electrons. The highest BCUT2D eigenvalue weighted by atomic mass is 16.4. The average molecular weight is 402 g/mol. The molecule has 0 aromatic heterocycles. The summed E-state index contributed by atoms with van der Waals surface area (Å²) >= 11 is 0. The number of carboxylic acid groups (broad SMARTS) is 2. The molecule has 0 bridgehead atoms. The second kappa shape index (κ2) is 9.83. The summed E-state index contributed by atoms with van der Waals surface area (Å²) in [5, 5.41) is 34.5. The predicted molar refractivity (Wildman–Crippen MR) is 110 cm³/mol. The third kappa shape index (κ3) is 5.41. The van der Waals surface area contributed by atoms with Crippen LogP contribution < -0.4 is 0 Å². The van der Waals surface area contributed by atoms with Crippen molar-refractivity contribution in [1.29, 1.82) is 0 Å². The van der Waals surface area contributed by atoms with E-state index < -0.39 is 11.9 Å². The lowest BCUT2D eigenvalue weighted by molar-refractivity contribution is 0.0687. The van der Waals surface area contributed by atoms with E-state index in [0.29, 0.717) is 24.5 Å². The minimum atomic E-state index is -1.05. The first kappa shape index (κ1) is 20.5. The van der Waals surface area contributed by atoms with Crippen molar-refractivity contribution in [2.75, 3.05) is 0 Å². The topological polar surface area (TPSA) is 124 Å². The minimum absolute atomic E-state index is 0.103. The number of azo groups is 2. The van der Waals surface area contributed by atoms with Crippen LogP contribution >= 0.6 is 0 Å². The molecule has 0 aliphatic carbocycles. The Kier molecular flexibility index (Phi) is 6.73. The van der Waals surface area contributed by atoms with Crippen LogP contribution in [-0.4, -0.2) is 22.2 Å². The first-order chi connectivity index (χ1) is 14.5. The van der Waals surface area contributed by atoms with E-state index >= 15 is 0 Å². The second-order valence-electron chi connectivity index (χ2n) is 6.26. The van der Waals surface area contributed by atoms with Crippen molar-refractivity contribution in [2.24, 2.45) is 20.5 Å². The molecule has 0 spiro atoms. The molecule has 30 heavy (non-hydrogen) atoms. The van der Waals surface area contributed by atoms with Gasteiger partial charge in [0.05, 0.1) is 35.6 Å². The third-order valence-electron chi connectivity index (χ3n) is 4.16. The van der Waals surface area contributed by atoms with Crippen LogP contribution in [0.15, 0.2) is 93.3 Å². The fourth-order valence-electron chi connectivity index (χ4n) is 2.62. The second-order valence-corrected chi connectivity index (χ2v) is 6.26. The van der Waals surface area contributed by atoms with Crippen LogP contribution in [0.5, 0.6) is 0 Å². The molecular weight excluding hydrogens is 384 g/mol. The van der Waals surface area contributed by atoms with Crippen LogP contribution in [-0.2, 0) is 13.1 Å². The SMILES string of the molecule is O=C(O)c1ccccc1N=NCc1ccc(CN=Nc2ccccc2C(=O)O)cc1. The highest BCUT2D eigenvalue weighted by Crippen LogP contribution is 2.21. The monoisotopic (exact) mass is 402 g/mol. The summed E-state index contributed by atoms with van der Waals surface area (Å²) in [5.41, 5.74) is 2.64. The number of benzene rings is 3. The number of rotatable bonds is 8. The lowest BCUT2D eigenvalue weighted by Gasteiger charge is -2.01. The molecule has 0 saturated carbocycles. The Morgan fingerprint density at radius 3 is 1.33 bits per heavy atom. The zero-order valence-corrected chi connectivity index (χ0v) is 15.8. The van der Waals surface area contributed by atoms with Gasteiger partial charge < -0.3 is 10.2 Å². The summed E-state index contributed by atoms with van der Waals surface area (Å²) in [4.78, 5) is 22.3. The molecule has 0 atom stereocenters. The largest absolute Gasteiger partial charge is 0.478 e. The van der Waals surface area contributed by atoms with Gasteiger partial charge in [0.25, 0.3) is 0 Å². The number of aromatic carboxylic acids is 2. The summed E-state index contributed by atoms with van der Waals surface area (Å²) < 4.78 is 0. The van der Waals surface area contributed by atoms with Crippen LogP contribution in [0, 0.1) is 0 Å². The van der Waals surface area contributed by atoms with Gasteiger partial charge in [0.2, 0.25) is 0 Å². The van der Waals surface area contributed by atoms with E-state index in [2.05, 4.69) is 20.5 Å². The van der Waals surface area contributed by atoms with Crippen LogP contribution in [0.2, 0.25) is 0 Å². The molecule has 3 rings (SSSR count). The number of carbonyl (C=O) groups is 2. The van der Waals surface area contributed by atoms with Gasteiger partial charge in [0.15, 0.2) is 0 Å². The molecule has 0 aliphatic rings. The zero-order valence-electron chi connectivity index (χ0n) is 15.8. The molecule has 8 nitrogen and oxygen atoms in total. The van der Waals surface area contributed by atoms with Gasteiger partial charge in [-0.15, -0.1) is 0 Å². The van der Waals surface area contributed by atoms with Crippen LogP contribution in [0.3, 0.4) is 0 Å².